The van der Waals surface area contributed by atoms with Crippen molar-refractivity contribution in [2.75, 3.05) is 0 Å². The summed E-state index contributed by atoms with van der Waals surface area (Å²) in [5.74, 6) is 0.420. The number of hydrogen-bond acceptors (Lipinski definition) is 4. The van der Waals surface area contributed by atoms with Gasteiger partial charge >= 0.3 is 0 Å². The minimum Gasteiger partial charge on any atom is -0.489 e. The molecular weight excluding hydrogens is 292 g/mol. The van der Waals surface area contributed by atoms with Crippen molar-refractivity contribution in [2.24, 2.45) is 5.73 Å². The molecule has 0 atom stereocenters. The molecule has 0 amide bonds. The highest BCUT2D eigenvalue weighted by Crippen LogP contribution is 2.25. The third-order valence-corrected chi connectivity index (χ3v) is 3.44. The Morgan fingerprint density at radius 3 is 2.30 bits per heavy atom. The molecule has 0 saturated heterocycles. The predicted octanol–water partition coefficient (Wildman–Crippen LogP) is 3.80. The lowest BCUT2D eigenvalue weighted by Crippen LogP contribution is -2.08. The van der Waals surface area contributed by atoms with E-state index >= 15 is 0 Å². The fourth-order valence-corrected chi connectivity index (χ4v) is 2.08. The summed E-state index contributed by atoms with van der Waals surface area (Å²) < 4.78 is 5.70. The second-order valence-corrected chi connectivity index (χ2v) is 5.00. The first-order chi connectivity index (χ1) is 11.0. The van der Waals surface area contributed by atoms with Gasteiger partial charge in [0.2, 0.25) is 0 Å². The fraction of sp³-hybridized carbons (Fsp3) is 0.111. The number of benzene rings is 2. The summed E-state index contributed by atoms with van der Waals surface area (Å²) in [6.45, 7) is 5.66. The van der Waals surface area contributed by atoms with E-state index in [1.54, 1.807) is 18.2 Å². The summed E-state index contributed by atoms with van der Waals surface area (Å²) in [5.41, 5.74) is 8.12. The standard InChI is InChI=1S/C18H18N2O3/c1-13(20(21)22)18(19)17-11-7-6-10-16(17)14(2)23-12-15-8-4-3-5-9-15/h3-11H,2,12,19H2,1H3/b18-13-. The van der Waals surface area contributed by atoms with Crippen LogP contribution in [0.2, 0.25) is 0 Å². The van der Waals surface area contributed by atoms with Crippen LogP contribution < -0.4 is 5.73 Å². The van der Waals surface area contributed by atoms with Gasteiger partial charge in [-0.2, -0.15) is 0 Å². The maximum Gasteiger partial charge on any atom is 0.266 e. The van der Waals surface area contributed by atoms with Gasteiger partial charge in [0.15, 0.2) is 0 Å². The van der Waals surface area contributed by atoms with Gasteiger partial charge in [-0.1, -0.05) is 61.2 Å². The van der Waals surface area contributed by atoms with E-state index in [4.69, 9.17) is 10.5 Å². The van der Waals surface area contributed by atoms with Crippen molar-refractivity contribution < 1.29 is 9.66 Å². The van der Waals surface area contributed by atoms with E-state index in [-0.39, 0.29) is 11.4 Å². The zero-order valence-electron chi connectivity index (χ0n) is 12.9. The Morgan fingerprint density at radius 2 is 1.70 bits per heavy atom. The van der Waals surface area contributed by atoms with Crippen LogP contribution in [0.25, 0.3) is 11.5 Å². The zero-order chi connectivity index (χ0) is 16.8. The summed E-state index contributed by atoms with van der Waals surface area (Å²) in [7, 11) is 0. The van der Waals surface area contributed by atoms with Crippen molar-refractivity contribution in [3.8, 4) is 0 Å². The lowest BCUT2D eigenvalue weighted by atomic mass is 10.0. The number of rotatable bonds is 6. The molecule has 0 aliphatic heterocycles. The van der Waals surface area contributed by atoms with Gasteiger partial charge in [-0.05, 0) is 5.56 Å². The van der Waals surface area contributed by atoms with Crippen LogP contribution >= 0.6 is 0 Å². The smallest absolute Gasteiger partial charge is 0.266 e. The minimum atomic E-state index is -0.500. The molecule has 0 unspecified atom stereocenters. The van der Waals surface area contributed by atoms with E-state index in [1.807, 2.05) is 36.4 Å². The summed E-state index contributed by atoms with van der Waals surface area (Å²) in [6.07, 6.45) is 0. The number of nitro groups is 1. The maximum atomic E-state index is 10.9. The first kappa shape index (κ1) is 16.3. The molecule has 0 heterocycles. The normalized spacial score (nSPS) is 11.5. The van der Waals surface area contributed by atoms with Crippen molar-refractivity contribution in [3.05, 3.63) is 93.7 Å². The Hall–Kier alpha value is -3.08. The average molecular weight is 310 g/mol. The highest BCUT2D eigenvalue weighted by Gasteiger charge is 2.16. The van der Waals surface area contributed by atoms with Gasteiger partial charge in [0, 0.05) is 18.1 Å². The lowest BCUT2D eigenvalue weighted by molar-refractivity contribution is -0.423. The van der Waals surface area contributed by atoms with E-state index in [0.717, 1.165) is 5.56 Å². The van der Waals surface area contributed by atoms with E-state index in [0.29, 0.717) is 23.5 Å². The van der Waals surface area contributed by atoms with Gasteiger partial charge < -0.3 is 10.5 Å². The molecule has 0 spiro atoms. The highest BCUT2D eigenvalue weighted by molar-refractivity contribution is 5.76. The van der Waals surface area contributed by atoms with E-state index < -0.39 is 4.92 Å². The second-order valence-electron chi connectivity index (χ2n) is 5.00. The maximum absolute atomic E-state index is 10.9. The molecule has 0 fully saturated rings. The van der Waals surface area contributed by atoms with Gasteiger partial charge in [0.25, 0.3) is 5.70 Å². The molecule has 0 aliphatic rings. The van der Waals surface area contributed by atoms with Gasteiger partial charge in [-0.15, -0.1) is 0 Å². The third-order valence-electron chi connectivity index (χ3n) is 3.44. The molecule has 2 aromatic carbocycles. The van der Waals surface area contributed by atoms with Crippen molar-refractivity contribution in [2.45, 2.75) is 13.5 Å². The molecule has 5 nitrogen and oxygen atoms in total. The number of nitrogens with zero attached hydrogens (tertiary/aromatic N) is 1. The van der Waals surface area contributed by atoms with Crippen LogP contribution in [0.1, 0.15) is 23.6 Å². The molecule has 0 saturated carbocycles. The Bertz CT molecular complexity index is 752. The van der Waals surface area contributed by atoms with E-state index in [2.05, 4.69) is 6.58 Å². The average Bonchev–Trinajstić information content (AvgIpc) is 2.59. The van der Waals surface area contributed by atoms with E-state index in [9.17, 15) is 10.1 Å². The Labute approximate surface area is 134 Å². The van der Waals surface area contributed by atoms with Crippen LogP contribution in [-0.4, -0.2) is 4.92 Å². The van der Waals surface area contributed by atoms with Crippen LogP contribution in [0.3, 0.4) is 0 Å². The van der Waals surface area contributed by atoms with Crippen LogP contribution in [0.4, 0.5) is 0 Å². The van der Waals surface area contributed by atoms with Gasteiger partial charge in [-0.3, -0.25) is 10.1 Å². The van der Waals surface area contributed by atoms with Gasteiger partial charge in [0.1, 0.15) is 18.1 Å². The molecule has 0 radical (unpaired) electrons. The molecule has 0 aromatic heterocycles. The molecular formula is C18H18N2O3. The molecule has 23 heavy (non-hydrogen) atoms. The topological polar surface area (TPSA) is 78.4 Å². The number of hydrogen-bond donors (Lipinski definition) is 1. The summed E-state index contributed by atoms with van der Waals surface area (Å²) in [4.78, 5) is 10.4. The first-order valence-corrected chi connectivity index (χ1v) is 7.07. The van der Waals surface area contributed by atoms with E-state index in [1.165, 1.54) is 6.92 Å². The second kappa shape index (κ2) is 7.26. The zero-order valence-corrected chi connectivity index (χ0v) is 12.9. The number of nitrogens with two attached hydrogens (primary N) is 1. The minimum absolute atomic E-state index is 0.103. The molecule has 2 N–H and O–H groups in total. The summed E-state index contributed by atoms with van der Waals surface area (Å²) >= 11 is 0. The SMILES string of the molecule is C=C(OCc1ccccc1)c1ccccc1/C(N)=C(\C)[N+](=O)[O-]. The van der Waals surface area contributed by atoms with Crippen LogP contribution in [-0.2, 0) is 11.3 Å². The summed E-state index contributed by atoms with van der Waals surface area (Å²) in [6, 6.07) is 16.8. The van der Waals surface area contributed by atoms with Gasteiger partial charge in [0.05, 0.1) is 4.92 Å². The summed E-state index contributed by atoms with van der Waals surface area (Å²) in [5, 5.41) is 10.9. The Kier molecular flexibility index (Phi) is 5.15. The van der Waals surface area contributed by atoms with Crippen molar-refractivity contribution in [3.63, 3.8) is 0 Å². The fourth-order valence-electron chi connectivity index (χ4n) is 2.08. The molecule has 2 aromatic rings. The third kappa shape index (κ3) is 3.97. The molecule has 2 rings (SSSR count). The Morgan fingerprint density at radius 1 is 1.13 bits per heavy atom. The molecule has 0 aliphatic carbocycles. The Balaban J connectivity index is 2.25. The van der Waals surface area contributed by atoms with Crippen molar-refractivity contribution >= 4 is 11.5 Å². The lowest BCUT2D eigenvalue weighted by Gasteiger charge is -2.13. The predicted molar refractivity (Wildman–Crippen MR) is 90.5 cm³/mol. The van der Waals surface area contributed by atoms with Crippen molar-refractivity contribution in [1.82, 2.24) is 0 Å². The largest absolute Gasteiger partial charge is 0.489 e. The molecule has 0 bridgehead atoms. The van der Waals surface area contributed by atoms with Crippen LogP contribution in [0.15, 0.2) is 66.9 Å². The van der Waals surface area contributed by atoms with Crippen LogP contribution in [0.5, 0.6) is 0 Å². The number of allylic oxidation sites excluding steroid dienone is 1. The number of ether oxygens (including phenoxy) is 1. The first-order valence-electron chi connectivity index (χ1n) is 7.07. The molecule has 5 heteroatoms. The van der Waals surface area contributed by atoms with Gasteiger partial charge in [-0.25, -0.2) is 0 Å². The quantitative estimate of drug-likeness (QED) is 0.500. The highest BCUT2D eigenvalue weighted by atomic mass is 16.6. The van der Waals surface area contributed by atoms with Crippen molar-refractivity contribution in [1.29, 1.82) is 0 Å². The molecule has 118 valence electrons. The van der Waals surface area contributed by atoms with Crippen LogP contribution in [0, 0.1) is 10.1 Å². The monoisotopic (exact) mass is 310 g/mol.